The van der Waals surface area contributed by atoms with Gasteiger partial charge in [0.05, 0.1) is 15.0 Å². The number of benzene rings is 2. The maximum atomic E-state index is 9.83. The highest BCUT2D eigenvalue weighted by atomic mass is 35.5. The van der Waals surface area contributed by atoms with E-state index in [9.17, 15) is 5.11 Å². The van der Waals surface area contributed by atoms with Crippen molar-refractivity contribution >= 4 is 11.6 Å². The Balaban J connectivity index is 1.73. The van der Waals surface area contributed by atoms with E-state index in [4.69, 9.17) is 14.3 Å². The number of aliphatic hydroxyl groups excluding tert-OH is 1. The monoisotopic (exact) mass is 424 g/mol. The highest BCUT2D eigenvalue weighted by molar-refractivity contribution is 6.30. The maximum absolute atomic E-state index is 9.83. The summed E-state index contributed by atoms with van der Waals surface area (Å²) >= 11 is 6.22. The van der Waals surface area contributed by atoms with Gasteiger partial charge in [0.2, 0.25) is 5.82 Å². The van der Waals surface area contributed by atoms with E-state index in [1.807, 2.05) is 36.4 Å². The fourth-order valence-corrected chi connectivity index (χ4v) is 3.55. The number of halogens is 1. The Bertz CT molecular complexity index is 1190. The average Bonchev–Trinajstić information content (AvgIpc) is 3.45. The van der Waals surface area contributed by atoms with Gasteiger partial charge in [0.25, 0.3) is 0 Å². The minimum absolute atomic E-state index is 0.133. The van der Waals surface area contributed by atoms with Gasteiger partial charge in [-0.15, -0.1) is 10.2 Å². The van der Waals surface area contributed by atoms with Gasteiger partial charge >= 0.3 is 0 Å². The minimum Gasteiger partial charge on any atom is -0.390 e. The molecule has 2 N–H and O–H groups in total. The van der Waals surface area contributed by atoms with E-state index in [0.29, 0.717) is 23.6 Å². The molecule has 2 heterocycles. The number of aromatic amines is 1. The van der Waals surface area contributed by atoms with Crippen molar-refractivity contribution in [3.63, 3.8) is 0 Å². The number of aryl methyl sites for hydroxylation is 1. The van der Waals surface area contributed by atoms with Crippen LogP contribution < -0.4 is 0 Å². The van der Waals surface area contributed by atoms with Gasteiger partial charge in [0, 0.05) is 18.5 Å². The number of aliphatic hydroxyl groups is 1. The molecule has 0 unspecified atom stereocenters. The van der Waals surface area contributed by atoms with Crippen LogP contribution in [0.4, 0.5) is 0 Å². The third kappa shape index (κ3) is 4.13. The second kappa shape index (κ2) is 9.19. The third-order valence-corrected chi connectivity index (χ3v) is 5.15. The molecule has 7 nitrogen and oxygen atoms in total. The second-order valence-corrected chi connectivity index (χ2v) is 7.19. The summed E-state index contributed by atoms with van der Waals surface area (Å²) in [4.78, 5) is 4.32. The standard InChI is InChI=1S/C22H23ClN6O/c1-2-3-8-20-24-21(23)19(14-30)29(20)13-15-9-11-16(12-10-15)17-6-4-5-7-18(17)22-25-27-28-26-22/h4-7,9-12,30H,2-3,8,13-14H2,1H3,(H,25,26,27,28)/i13D2. The Kier molecular flexibility index (Phi) is 5.45. The number of hydrogen-bond donors (Lipinski definition) is 2. The van der Waals surface area contributed by atoms with Crippen LogP contribution in [-0.2, 0) is 19.5 Å². The minimum atomic E-state index is -1.94. The molecule has 0 aliphatic rings. The van der Waals surface area contributed by atoms with Gasteiger partial charge < -0.3 is 9.67 Å². The Morgan fingerprint density at radius 2 is 1.90 bits per heavy atom. The molecule has 0 aliphatic heterocycles. The molecule has 0 fully saturated rings. The first kappa shape index (κ1) is 17.8. The number of aromatic nitrogens is 6. The van der Waals surface area contributed by atoms with Crippen LogP contribution in [0.2, 0.25) is 5.15 Å². The molecule has 0 spiro atoms. The number of imidazole rings is 1. The molecule has 0 atom stereocenters. The van der Waals surface area contributed by atoms with Crippen molar-refractivity contribution in [2.75, 3.05) is 0 Å². The van der Waals surface area contributed by atoms with Crippen molar-refractivity contribution in [3.8, 4) is 22.5 Å². The molecule has 8 heteroatoms. The Hall–Kier alpha value is -3.03. The van der Waals surface area contributed by atoms with Gasteiger partial charge in [0.1, 0.15) is 5.82 Å². The van der Waals surface area contributed by atoms with Crippen molar-refractivity contribution in [1.82, 2.24) is 30.2 Å². The molecule has 4 rings (SSSR count). The zero-order valence-electron chi connectivity index (χ0n) is 18.5. The molecule has 2 aromatic heterocycles. The van der Waals surface area contributed by atoms with Gasteiger partial charge in [-0.1, -0.05) is 73.5 Å². The largest absolute Gasteiger partial charge is 0.390 e. The number of hydrogen-bond acceptors (Lipinski definition) is 5. The summed E-state index contributed by atoms with van der Waals surface area (Å²) in [5, 5.41) is 24.2. The lowest BCUT2D eigenvalue weighted by Gasteiger charge is -2.12. The van der Waals surface area contributed by atoms with Crippen molar-refractivity contribution in [3.05, 3.63) is 70.8 Å². The summed E-state index contributed by atoms with van der Waals surface area (Å²) in [5.74, 6) is 1.01. The molecule has 0 aliphatic carbocycles. The van der Waals surface area contributed by atoms with E-state index >= 15 is 0 Å². The topological polar surface area (TPSA) is 92.5 Å². The zero-order valence-corrected chi connectivity index (χ0v) is 17.3. The average molecular weight is 425 g/mol. The van der Waals surface area contributed by atoms with E-state index in [1.165, 1.54) is 4.57 Å². The van der Waals surface area contributed by atoms with Gasteiger partial charge in [-0.25, -0.2) is 4.98 Å². The number of tetrazole rings is 1. The Morgan fingerprint density at radius 3 is 2.57 bits per heavy atom. The number of nitrogens with zero attached hydrogens (tertiary/aromatic N) is 5. The molecular formula is C22H23ClN6O. The second-order valence-electron chi connectivity index (χ2n) is 6.83. The van der Waals surface area contributed by atoms with Crippen LogP contribution in [0.1, 0.15) is 39.6 Å². The molecular weight excluding hydrogens is 400 g/mol. The van der Waals surface area contributed by atoms with Gasteiger partial charge in [0.15, 0.2) is 5.15 Å². The van der Waals surface area contributed by atoms with Crippen molar-refractivity contribution < 1.29 is 7.85 Å². The smallest absolute Gasteiger partial charge is 0.205 e. The van der Waals surface area contributed by atoms with Crippen molar-refractivity contribution in [2.24, 2.45) is 0 Å². The van der Waals surface area contributed by atoms with Gasteiger partial charge in [-0.3, -0.25) is 0 Å². The van der Waals surface area contributed by atoms with Crippen LogP contribution >= 0.6 is 11.6 Å². The number of nitrogens with one attached hydrogen (secondary N) is 1. The molecule has 4 aromatic rings. The fraction of sp³-hybridized carbons (Fsp3) is 0.273. The summed E-state index contributed by atoms with van der Waals surface area (Å²) in [7, 11) is 0. The Labute approximate surface area is 182 Å². The number of H-pyrrole nitrogens is 1. The lowest BCUT2D eigenvalue weighted by Crippen LogP contribution is -2.09. The highest BCUT2D eigenvalue weighted by Crippen LogP contribution is 2.30. The maximum Gasteiger partial charge on any atom is 0.205 e. The third-order valence-electron chi connectivity index (χ3n) is 4.85. The Morgan fingerprint density at radius 1 is 1.13 bits per heavy atom. The van der Waals surface area contributed by atoms with Crippen LogP contribution in [-0.4, -0.2) is 35.3 Å². The summed E-state index contributed by atoms with van der Waals surface area (Å²) in [6.07, 6.45) is 2.36. The molecule has 0 radical (unpaired) electrons. The number of unbranched alkanes of at least 4 members (excludes halogenated alkanes) is 1. The van der Waals surface area contributed by atoms with Gasteiger partial charge in [-0.2, -0.15) is 5.21 Å². The van der Waals surface area contributed by atoms with E-state index in [0.717, 1.165) is 29.5 Å². The summed E-state index contributed by atoms with van der Waals surface area (Å²) in [6.45, 7) is -0.276. The lowest BCUT2D eigenvalue weighted by molar-refractivity contribution is 0.271. The van der Waals surface area contributed by atoms with E-state index < -0.39 is 13.1 Å². The van der Waals surface area contributed by atoms with Crippen LogP contribution in [0.25, 0.3) is 22.5 Å². The predicted molar refractivity (Wildman–Crippen MR) is 116 cm³/mol. The lowest BCUT2D eigenvalue weighted by atomic mass is 9.98. The van der Waals surface area contributed by atoms with Crippen LogP contribution in [0.15, 0.2) is 48.5 Å². The van der Waals surface area contributed by atoms with Crippen LogP contribution in [0.5, 0.6) is 0 Å². The van der Waals surface area contributed by atoms with Crippen LogP contribution in [0, 0.1) is 0 Å². The zero-order chi connectivity index (χ0) is 22.7. The molecule has 0 saturated carbocycles. The molecule has 0 saturated heterocycles. The van der Waals surface area contributed by atoms with Crippen molar-refractivity contribution in [2.45, 2.75) is 39.3 Å². The summed E-state index contributed by atoms with van der Waals surface area (Å²) in [5.41, 5.74) is 3.32. The van der Waals surface area contributed by atoms with Gasteiger partial charge in [-0.05, 0) is 28.3 Å². The predicted octanol–water partition coefficient (Wildman–Crippen LogP) is 4.27. The quantitative estimate of drug-likeness (QED) is 0.440. The summed E-state index contributed by atoms with van der Waals surface area (Å²) < 4.78 is 19.1. The SMILES string of the molecule is [2H]C([2H])(c1ccc(-c2ccccc2-c2nn[nH]n2)cc1)n1c(CCCC)nc(Cl)c1CO. The molecule has 154 valence electrons. The van der Waals surface area contributed by atoms with E-state index in [1.54, 1.807) is 12.1 Å². The number of rotatable bonds is 8. The normalized spacial score (nSPS) is 12.6. The van der Waals surface area contributed by atoms with Crippen LogP contribution in [0.3, 0.4) is 0 Å². The summed E-state index contributed by atoms with van der Waals surface area (Å²) in [6, 6.07) is 14.9. The fourth-order valence-electron chi connectivity index (χ4n) is 3.31. The molecule has 0 amide bonds. The molecule has 0 bridgehead atoms. The van der Waals surface area contributed by atoms with Crippen molar-refractivity contribution in [1.29, 1.82) is 0 Å². The first-order valence-electron chi connectivity index (χ1n) is 10.8. The first-order chi connectivity index (χ1) is 15.5. The first-order valence-corrected chi connectivity index (χ1v) is 10.2. The molecule has 2 aromatic carbocycles. The molecule has 30 heavy (non-hydrogen) atoms. The van der Waals surface area contributed by atoms with E-state index in [2.05, 4.69) is 32.5 Å². The van der Waals surface area contributed by atoms with E-state index in [-0.39, 0.29) is 10.8 Å². The highest BCUT2D eigenvalue weighted by Gasteiger charge is 2.16.